The molecule has 0 saturated carbocycles. The molecule has 0 aromatic heterocycles. The zero-order valence-electron chi connectivity index (χ0n) is 34.6. The molecule has 0 aliphatic heterocycles. The minimum Gasteiger partial charge on any atom is -0.723 e. The molecule has 0 spiro atoms. The summed E-state index contributed by atoms with van der Waals surface area (Å²) in [6.07, 6.45) is 12.0. The van der Waals surface area contributed by atoms with Crippen molar-refractivity contribution in [2.24, 2.45) is 0 Å². The van der Waals surface area contributed by atoms with Gasteiger partial charge in [0.25, 0.3) is 0 Å². The SMILES string of the molecule is CCCCOc1cc(OCCCC)c(OCCCC)c(C(C)(C)O[O-])c1.CCCCOc1cc(OCCCC)c(OCCCC)c(C(C)(C)O[O-])c1.[Zr+2]. The van der Waals surface area contributed by atoms with Gasteiger partial charge in [0.15, 0.2) is 23.0 Å². The zero-order valence-corrected chi connectivity index (χ0v) is 37.1. The third-order valence-corrected chi connectivity index (χ3v) is 8.30. The average Bonchev–Trinajstić information content (AvgIpc) is 3.13. The Labute approximate surface area is 340 Å². The number of unbranched alkanes of at least 4 members (excludes halogenated alkanes) is 6. The summed E-state index contributed by atoms with van der Waals surface area (Å²) in [6, 6.07) is 7.39. The molecule has 2 rings (SSSR count). The van der Waals surface area contributed by atoms with Crippen LogP contribution in [0.2, 0.25) is 0 Å². The molecule has 53 heavy (non-hydrogen) atoms. The Morgan fingerprint density at radius 1 is 0.415 bits per heavy atom. The van der Waals surface area contributed by atoms with Crippen molar-refractivity contribution in [1.82, 2.24) is 0 Å². The minimum atomic E-state index is -1.05. The maximum absolute atomic E-state index is 11.3. The summed E-state index contributed by atoms with van der Waals surface area (Å²) in [4.78, 5) is 8.98. The Bertz CT molecular complexity index is 1130. The van der Waals surface area contributed by atoms with Gasteiger partial charge in [-0.2, -0.15) is 0 Å². The van der Waals surface area contributed by atoms with Gasteiger partial charge < -0.3 is 48.7 Å². The fourth-order valence-electron chi connectivity index (χ4n) is 4.78. The van der Waals surface area contributed by atoms with Crippen LogP contribution in [-0.2, 0) is 47.2 Å². The standard InChI is InChI=1S/2C21H36O5.Zr/c2*1-6-9-12-23-17-15-18(21(4,5)26-22)20(25-14-11-8-3)19(16-17)24-13-10-7-2;/h2*15-16,22H,6-14H2,1-5H3;/q;;+2/p-2. The smallest absolute Gasteiger partial charge is 0.723 e. The molecular formula is C42H70O10Zr. The van der Waals surface area contributed by atoms with Crippen LogP contribution in [0.4, 0.5) is 0 Å². The Kier molecular flexibility index (Phi) is 28.2. The molecule has 0 aliphatic rings. The van der Waals surface area contributed by atoms with Crippen LogP contribution in [0.1, 0.15) is 157 Å². The predicted octanol–water partition coefficient (Wildman–Crippen LogP) is 9.50. The van der Waals surface area contributed by atoms with Gasteiger partial charge in [0, 0.05) is 23.3 Å². The second-order valence-corrected chi connectivity index (χ2v) is 14.0. The predicted molar refractivity (Wildman–Crippen MR) is 204 cm³/mol. The van der Waals surface area contributed by atoms with Crippen molar-refractivity contribution < 1.29 is 74.9 Å². The van der Waals surface area contributed by atoms with Crippen LogP contribution in [0, 0.1) is 0 Å². The van der Waals surface area contributed by atoms with Crippen LogP contribution in [0.5, 0.6) is 34.5 Å². The molecule has 0 amide bonds. The number of hydrogen-bond donors (Lipinski definition) is 0. The van der Waals surface area contributed by atoms with Gasteiger partial charge in [-0.3, -0.25) is 0 Å². The molecule has 0 N–H and O–H groups in total. The maximum Gasteiger partial charge on any atom is 2.00 e. The minimum absolute atomic E-state index is 0. The molecule has 302 valence electrons. The fourth-order valence-corrected chi connectivity index (χ4v) is 4.78. The second-order valence-electron chi connectivity index (χ2n) is 14.0. The molecule has 0 heterocycles. The summed E-state index contributed by atoms with van der Waals surface area (Å²) in [5, 5.41) is 22.7. The summed E-state index contributed by atoms with van der Waals surface area (Å²) in [5.74, 6) is 3.74. The first-order valence-electron chi connectivity index (χ1n) is 19.8. The third-order valence-electron chi connectivity index (χ3n) is 8.30. The maximum atomic E-state index is 11.3. The summed E-state index contributed by atoms with van der Waals surface area (Å²) in [7, 11) is 0. The van der Waals surface area contributed by atoms with Crippen molar-refractivity contribution in [3.05, 3.63) is 35.4 Å². The van der Waals surface area contributed by atoms with E-state index in [1.165, 1.54) is 0 Å². The van der Waals surface area contributed by atoms with Gasteiger partial charge in [-0.25, -0.2) is 0 Å². The van der Waals surface area contributed by atoms with Crippen LogP contribution < -0.4 is 38.9 Å². The first-order valence-corrected chi connectivity index (χ1v) is 19.8. The van der Waals surface area contributed by atoms with E-state index in [1.54, 1.807) is 27.7 Å². The van der Waals surface area contributed by atoms with Crippen LogP contribution >= 0.6 is 0 Å². The van der Waals surface area contributed by atoms with Gasteiger partial charge >= 0.3 is 26.2 Å². The Balaban J connectivity index is 0.00000100. The van der Waals surface area contributed by atoms with E-state index in [4.69, 9.17) is 28.4 Å². The summed E-state index contributed by atoms with van der Waals surface area (Å²) >= 11 is 0. The van der Waals surface area contributed by atoms with Crippen LogP contribution in [0.25, 0.3) is 0 Å². The summed E-state index contributed by atoms with van der Waals surface area (Å²) in [6.45, 7) is 23.2. The van der Waals surface area contributed by atoms with Crippen molar-refractivity contribution in [2.75, 3.05) is 39.6 Å². The summed E-state index contributed by atoms with van der Waals surface area (Å²) in [5.41, 5.74) is -0.781. The topological polar surface area (TPSA) is 120 Å². The Morgan fingerprint density at radius 3 is 0.943 bits per heavy atom. The van der Waals surface area contributed by atoms with Crippen LogP contribution in [-0.4, -0.2) is 39.6 Å². The van der Waals surface area contributed by atoms with Crippen molar-refractivity contribution in [3.8, 4) is 34.5 Å². The van der Waals surface area contributed by atoms with E-state index in [0.717, 1.165) is 77.0 Å². The van der Waals surface area contributed by atoms with Crippen molar-refractivity contribution in [2.45, 2.75) is 157 Å². The second kappa shape index (κ2) is 29.3. The van der Waals surface area contributed by atoms with E-state index in [1.807, 2.05) is 24.3 Å². The third kappa shape index (κ3) is 18.9. The first kappa shape index (κ1) is 51.0. The number of benzene rings is 2. The molecular weight excluding hydrogens is 756 g/mol. The molecule has 0 unspecified atom stereocenters. The van der Waals surface area contributed by atoms with E-state index >= 15 is 0 Å². The first-order chi connectivity index (χ1) is 25.0. The van der Waals surface area contributed by atoms with Gasteiger partial charge in [0.2, 0.25) is 0 Å². The van der Waals surface area contributed by atoms with Crippen LogP contribution in [0.15, 0.2) is 24.3 Å². The van der Waals surface area contributed by atoms with Crippen molar-refractivity contribution in [3.63, 3.8) is 0 Å². The molecule has 11 heteroatoms. The number of rotatable bonds is 28. The van der Waals surface area contributed by atoms with Gasteiger partial charge in [0.1, 0.15) is 11.5 Å². The Morgan fingerprint density at radius 2 is 0.679 bits per heavy atom. The molecule has 10 nitrogen and oxygen atoms in total. The van der Waals surface area contributed by atoms with Crippen LogP contribution in [0.3, 0.4) is 0 Å². The van der Waals surface area contributed by atoms with E-state index < -0.39 is 11.2 Å². The molecule has 0 aliphatic carbocycles. The zero-order chi connectivity index (χ0) is 38.8. The largest absolute Gasteiger partial charge is 2.00 e. The van der Waals surface area contributed by atoms with E-state index in [2.05, 4.69) is 51.3 Å². The molecule has 0 saturated heterocycles. The molecule has 2 aromatic carbocycles. The molecule has 0 bridgehead atoms. The molecule has 2 aromatic rings. The number of hydrogen-bond acceptors (Lipinski definition) is 10. The summed E-state index contributed by atoms with van der Waals surface area (Å²) < 4.78 is 35.7. The normalized spacial score (nSPS) is 11.2. The van der Waals surface area contributed by atoms with Gasteiger partial charge in [-0.15, -0.1) is 0 Å². The van der Waals surface area contributed by atoms with E-state index in [-0.39, 0.29) is 26.2 Å². The Hall–Kier alpha value is -2.04. The molecule has 0 atom stereocenters. The average molecular weight is 826 g/mol. The fraction of sp³-hybridized carbons (Fsp3) is 0.714. The van der Waals surface area contributed by atoms with Gasteiger partial charge in [0.05, 0.1) is 50.8 Å². The quantitative estimate of drug-likeness (QED) is 0.0466. The number of ether oxygens (including phenoxy) is 6. The van der Waals surface area contributed by atoms with Crippen molar-refractivity contribution >= 4 is 0 Å². The van der Waals surface area contributed by atoms with Crippen molar-refractivity contribution in [1.29, 1.82) is 0 Å². The van der Waals surface area contributed by atoms with E-state index in [9.17, 15) is 10.5 Å². The van der Waals surface area contributed by atoms with E-state index in [0.29, 0.717) is 85.3 Å². The van der Waals surface area contributed by atoms with Gasteiger partial charge in [-0.1, -0.05) is 80.1 Å². The monoisotopic (exact) mass is 824 g/mol. The van der Waals surface area contributed by atoms with Gasteiger partial charge in [-0.05, 0) is 78.4 Å². The molecule has 0 radical (unpaired) electrons. The molecule has 0 fully saturated rings.